The highest BCUT2D eigenvalue weighted by atomic mass is 79.9. The number of amides is 1. The zero-order chi connectivity index (χ0) is 16.4. The lowest BCUT2D eigenvalue weighted by Crippen LogP contribution is -2.14. The lowest BCUT2D eigenvalue weighted by molar-refractivity contribution is -0.113. The van der Waals surface area contributed by atoms with E-state index in [2.05, 4.69) is 37.3 Å². The number of rotatable bonds is 4. The molecule has 0 atom stereocenters. The van der Waals surface area contributed by atoms with Crippen LogP contribution in [0.3, 0.4) is 0 Å². The maximum Gasteiger partial charge on any atom is 0.234 e. The Morgan fingerprint density at radius 3 is 2.74 bits per heavy atom. The van der Waals surface area contributed by atoms with Crippen molar-refractivity contribution < 1.29 is 4.79 Å². The number of hydrogen-bond acceptors (Lipinski definition) is 3. The lowest BCUT2D eigenvalue weighted by atomic mass is 10.2. The number of carbonyl (C=O) groups is 1. The van der Waals surface area contributed by atoms with Crippen LogP contribution in [0.2, 0.25) is 0 Å². The van der Waals surface area contributed by atoms with E-state index in [1.165, 1.54) is 17.3 Å². The van der Waals surface area contributed by atoms with Gasteiger partial charge >= 0.3 is 0 Å². The number of nitrogens with one attached hydrogen (secondary N) is 2. The monoisotopic (exact) mass is 389 g/mol. The minimum Gasteiger partial charge on any atom is -0.333 e. The number of halogens is 1. The van der Waals surface area contributed by atoms with Crippen molar-refractivity contribution in [3.63, 3.8) is 0 Å². The molecule has 4 nitrogen and oxygen atoms in total. The fraction of sp³-hybridized carbons (Fsp3) is 0.176. The normalized spacial score (nSPS) is 10.9. The van der Waals surface area contributed by atoms with E-state index in [0.29, 0.717) is 5.75 Å². The summed E-state index contributed by atoms with van der Waals surface area (Å²) in [5.74, 6) is 0.246. The Bertz CT molecular complexity index is 875. The fourth-order valence-corrected chi connectivity index (χ4v) is 3.49. The number of carbonyl (C=O) groups excluding carboxylic acids is 1. The smallest absolute Gasteiger partial charge is 0.234 e. The van der Waals surface area contributed by atoms with Crippen LogP contribution < -0.4 is 5.32 Å². The minimum atomic E-state index is -0.0591. The predicted molar refractivity (Wildman–Crippen MR) is 99.1 cm³/mol. The van der Waals surface area contributed by atoms with Crippen LogP contribution in [-0.4, -0.2) is 21.6 Å². The van der Waals surface area contributed by atoms with Gasteiger partial charge in [-0.2, -0.15) is 0 Å². The van der Waals surface area contributed by atoms with Crippen LogP contribution >= 0.6 is 27.7 Å². The van der Waals surface area contributed by atoms with E-state index in [1.807, 2.05) is 44.2 Å². The molecule has 0 aliphatic heterocycles. The molecule has 0 spiro atoms. The summed E-state index contributed by atoms with van der Waals surface area (Å²) in [6.07, 6.45) is 0. The van der Waals surface area contributed by atoms with Crippen molar-refractivity contribution in [2.24, 2.45) is 0 Å². The Labute approximate surface area is 147 Å². The molecule has 1 heterocycles. The number of aromatic nitrogens is 2. The third kappa shape index (κ3) is 3.95. The summed E-state index contributed by atoms with van der Waals surface area (Å²) in [6.45, 7) is 4.05. The van der Waals surface area contributed by atoms with Gasteiger partial charge in [0.15, 0.2) is 5.16 Å². The van der Waals surface area contributed by atoms with Gasteiger partial charge in [-0.3, -0.25) is 4.79 Å². The lowest BCUT2D eigenvalue weighted by Gasteiger charge is -2.07. The highest BCUT2D eigenvalue weighted by Crippen LogP contribution is 2.24. The molecule has 0 saturated heterocycles. The molecule has 1 amide bonds. The predicted octanol–water partition coefficient (Wildman–Crippen LogP) is 4.67. The van der Waals surface area contributed by atoms with Crippen molar-refractivity contribution in [2.75, 3.05) is 11.1 Å². The van der Waals surface area contributed by atoms with Gasteiger partial charge in [-0.15, -0.1) is 0 Å². The zero-order valence-corrected chi connectivity index (χ0v) is 15.2. The molecule has 3 rings (SSSR count). The van der Waals surface area contributed by atoms with E-state index in [0.717, 1.165) is 31.9 Å². The Morgan fingerprint density at radius 1 is 1.22 bits per heavy atom. The SMILES string of the molecule is Cc1ccc(NC(=O)CSc2nc3ccc(C)cc3[nH]2)c(Br)c1. The fourth-order valence-electron chi connectivity index (χ4n) is 2.21. The Balaban J connectivity index is 1.63. The molecule has 3 aromatic rings. The van der Waals surface area contributed by atoms with E-state index in [1.54, 1.807) is 0 Å². The molecule has 2 aromatic carbocycles. The summed E-state index contributed by atoms with van der Waals surface area (Å²) in [5, 5.41) is 3.66. The van der Waals surface area contributed by atoms with Gasteiger partial charge in [-0.1, -0.05) is 23.9 Å². The largest absolute Gasteiger partial charge is 0.333 e. The van der Waals surface area contributed by atoms with Gasteiger partial charge in [0, 0.05) is 4.47 Å². The van der Waals surface area contributed by atoms with Crippen molar-refractivity contribution in [3.05, 3.63) is 52.0 Å². The number of benzene rings is 2. The van der Waals surface area contributed by atoms with Crippen LogP contribution in [-0.2, 0) is 4.79 Å². The number of nitrogens with zero attached hydrogens (tertiary/aromatic N) is 1. The first-order valence-electron chi connectivity index (χ1n) is 7.16. The van der Waals surface area contributed by atoms with Crippen molar-refractivity contribution >= 4 is 50.3 Å². The van der Waals surface area contributed by atoms with Crippen LogP contribution in [0.25, 0.3) is 11.0 Å². The van der Waals surface area contributed by atoms with Crippen LogP contribution in [0, 0.1) is 13.8 Å². The van der Waals surface area contributed by atoms with E-state index in [9.17, 15) is 4.79 Å². The highest BCUT2D eigenvalue weighted by Gasteiger charge is 2.09. The molecule has 2 N–H and O–H groups in total. The van der Waals surface area contributed by atoms with E-state index < -0.39 is 0 Å². The maximum atomic E-state index is 12.1. The average molecular weight is 390 g/mol. The maximum absolute atomic E-state index is 12.1. The summed E-state index contributed by atoms with van der Waals surface area (Å²) >= 11 is 4.86. The zero-order valence-electron chi connectivity index (χ0n) is 12.8. The summed E-state index contributed by atoms with van der Waals surface area (Å²) in [6, 6.07) is 11.9. The minimum absolute atomic E-state index is 0.0591. The van der Waals surface area contributed by atoms with Gasteiger partial charge < -0.3 is 10.3 Å². The Kier molecular flexibility index (Phi) is 4.73. The van der Waals surface area contributed by atoms with Crippen molar-refractivity contribution in [3.8, 4) is 0 Å². The van der Waals surface area contributed by atoms with E-state index in [-0.39, 0.29) is 5.91 Å². The molecule has 118 valence electrons. The first-order chi connectivity index (χ1) is 11.0. The molecule has 0 fully saturated rings. The van der Waals surface area contributed by atoms with Crippen molar-refractivity contribution in [1.82, 2.24) is 9.97 Å². The van der Waals surface area contributed by atoms with Crippen LogP contribution in [0.5, 0.6) is 0 Å². The summed E-state index contributed by atoms with van der Waals surface area (Å²) in [7, 11) is 0. The number of fused-ring (bicyclic) bond motifs is 1. The number of H-pyrrole nitrogens is 1. The highest BCUT2D eigenvalue weighted by molar-refractivity contribution is 9.10. The summed E-state index contributed by atoms with van der Waals surface area (Å²) < 4.78 is 0.884. The van der Waals surface area contributed by atoms with Crippen molar-refractivity contribution in [1.29, 1.82) is 0 Å². The molecule has 1 aromatic heterocycles. The molecule has 0 aliphatic carbocycles. The van der Waals surface area contributed by atoms with Gasteiger partial charge in [0.25, 0.3) is 0 Å². The first kappa shape index (κ1) is 16.1. The van der Waals surface area contributed by atoms with Crippen LogP contribution in [0.15, 0.2) is 46.0 Å². The molecular weight excluding hydrogens is 374 g/mol. The van der Waals surface area contributed by atoms with Crippen molar-refractivity contribution in [2.45, 2.75) is 19.0 Å². The van der Waals surface area contributed by atoms with Gasteiger partial charge in [0.05, 0.1) is 22.5 Å². The van der Waals surface area contributed by atoms with Gasteiger partial charge in [-0.25, -0.2) is 4.98 Å². The number of aryl methyl sites for hydroxylation is 2. The van der Waals surface area contributed by atoms with Crippen LogP contribution in [0.4, 0.5) is 5.69 Å². The number of hydrogen-bond donors (Lipinski definition) is 2. The molecule has 0 radical (unpaired) electrons. The van der Waals surface area contributed by atoms with Gasteiger partial charge in [-0.05, 0) is 65.2 Å². The molecule has 23 heavy (non-hydrogen) atoms. The van der Waals surface area contributed by atoms with Gasteiger partial charge in [0.2, 0.25) is 5.91 Å². The molecule has 6 heteroatoms. The molecule has 0 bridgehead atoms. The Morgan fingerprint density at radius 2 is 1.96 bits per heavy atom. The molecule has 0 aliphatic rings. The average Bonchev–Trinajstić information content (AvgIpc) is 2.90. The second kappa shape index (κ2) is 6.76. The number of anilines is 1. The second-order valence-corrected chi connectivity index (χ2v) is 7.20. The summed E-state index contributed by atoms with van der Waals surface area (Å²) in [5.41, 5.74) is 5.01. The van der Waals surface area contributed by atoms with Gasteiger partial charge in [0.1, 0.15) is 0 Å². The third-order valence-corrected chi connectivity index (χ3v) is 4.88. The van der Waals surface area contributed by atoms with E-state index in [4.69, 9.17) is 0 Å². The molecular formula is C17H16BrN3OS. The van der Waals surface area contributed by atoms with E-state index >= 15 is 0 Å². The first-order valence-corrected chi connectivity index (χ1v) is 8.94. The topological polar surface area (TPSA) is 57.8 Å². The number of thioether (sulfide) groups is 1. The van der Waals surface area contributed by atoms with Crippen LogP contribution in [0.1, 0.15) is 11.1 Å². The number of imidazole rings is 1. The standard InChI is InChI=1S/C17H16BrN3OS/c1-10-3-5-13(12(18)7-10)19-16(22)9-23-17-20-14-6-4-11(2)8-15(14)21-17/h3-8H,9H2,1-2H3,(H,19,22)(H,20,21). The Hall–Kier alpha value is -1.79. The number of aromatic amines is 1. The second-order valence-electron chi connectivity index (χ2n) is 5.38. The molecule has 0 saturated carbocycles. The third-order valence-electron chi connectivity index (χ3n) is 3.35. The quantitative estimate of drug-likeness (QED) is 0.637. The molecule has 0 unspecified atom stereocenters. The summed E-state index contributed by atoms with van der Waals surface area (Å²) in [4.78, 5) is 19.8.